The molecule has 3 aromatic rings. The van der Waals surface area contributed by atoms with Gasteiger partial charge in [-0.25, -0.2) is 0 Å². The van der Waals surface area contributed by atoms with Crippen molar-refractivity contribution < 1.29 is 0 Å². The minimum absolute atomic E-state index is 0.758. The average Bonchev–Trinajstić information content (AvgIpc) is 2.54. The summed E-state index contributed by atoms with van der Waals surface area (Å²) in [6.07, 6.45) is 1.84. The van der Waals surface area contributed by atoms with Crippen LogP contribution in [-0.2, 0) is 6.54 Å². The number of aryl methyl sites for hydroxylation is 1. The predicted octanol–water partition coefficient (Wildman–Crippen LogP) is 4.73. The second-order valence-corrected chi connectivity index (χ2v) is 5.08. The quantitative estimate of drug-likeness (QED) is 0.684. The zero-order valence-corrected chi connectivity index (χ0v) is 12.1. The first-order chi connectivity index (χ1) is 10.3. The molecule has 21 heavy (non-hydrogen) atoms. The van der Waals surface area contributed by atoms with E-state index in [1.54, 1.807) is 0 Å². The van der Waals surface area contributed by atoms with Crippen molar-refractivity contribution in [1.29, 1.82) is 0 Å². The highest BCUT2D eigenvalue weighted by atomic mass is 15.1. The van der Waals surface area contributed by atoms with Gasteiger partial charge in [-0.05, 0) is 48.9 Å². The molecule has 1 heterocycles. The third-order valence-corrected chi connectivity index (χ3v) is 3.43. The highest BCUT2D eigenvalue weighted by Crippen LogP contribution is 2.27. The van der Waals surface area contributed by atoms with Gasteiger partial charge in [0, 0.05) is 17.6 Å². The predicted molar refractivity (Wildman–Crippen MR) is 87.7 cm³/mol. The summed E-state index contributed by atoms with van der Waals surface area (Å²) in [4.78, 5) is 6.74. The molecule has 2 heteroatoms. The van der Waals surface area contributed by atoms with Crippen molar-refractivity contribution in [1.82, 2.24) is 4.98 Å². The van der Waals surface area contributed by atoms with Crippen LogP contribution in [-0.4, -0.2) is 4.98 Å². The van der Waals surface area contributed by atoms with Crippen molar-refractivity contribution >= 4 is 11.4 Å². The summed E-state index contributed by atoms with van der Waals surface area (Å²) < 4.78 is 0. The van der Waals surface area contributed by atoms with Gasteiger partial charge in [-0.15, -0.1) is 0 Å². The number of anilines is 2. The first-order valence-electron chi connectivity index (χ1n) is 7.12. The molecule has 0 unspecified atom stereocenters. The maximum Gasteiger partial charge on any atom is 0.0654 e. The molecule has 3 rings (SSSR count). The molecule has 0 saturated carbocycles. The molecule has 0 atom stereocenters. The molecular formula is C19H18N2. The fourth-order valence-electron chi connectivity index (χ4n) is 2.39. The van der Waals surface area contributed by atoms with E-state index in [1.165, 1.54) is 16.9 Å². The minimum atomic E-state index is 0.758. The smallest absolute Gasteiger partial charge is 0.0654 e. The van der Waals surface area contributed by atoms with Gasteiger partial charge in [-0.2, -0.15) is 0 Å². The summed E-state index contributed by atoms with van der Waals surface area (Å²) in [6.45, 7) is 2.88. The maximum atomic E-state index is 4.45. The molecule has 2 aromatic carbocycles. The molecule has 0 N–H and O–H groups in total. The lowest BCUT2D eigenvalue weighted by Gasteiger charge is -2.25. The van der Waals surface area contributed by atoms with Gasteiger partial charge >= 0.3 is 0 Å². The fourth-order valence-corrected chi connectivity index (χ4v) is 2.39. The Kier molecular flexibility index (Phi) is 3.97. The van der Waals surface area contributed by atoms with E-state index in [-0.39, 0.29) is 0 Å². The summed E-state index contributed by atoms with van der Waals surface area (Å²) in [5.41, 5.74) is 4.68. The maximum absolute atomic E-state index is 4.45. The molecule has 1 aromatic heterocycles. The number of aromatic nitrogens is 1. The number of rotatable bonds is 4. The van der Waals surface area contributed by atoms with Crippen LogP contribution in [0.5, 0.6) is 0 Å². The summed E-state index contributed by atoms with van der Waals surface area (Å²) in [5, 5.41) is 0. The first-order valence-corrected chi connectivity index (χ1v) is 7.12. The van der Waals surface area contributed by atoms with Crippen molar-refractivity contribution in [3.05, 3.63) is 90.3 Å². The molecule has 0 spiro atoms. The molecule has 0 aliphatic carbocycles. The summed E-state index contributed by atoms with van der Waals surface area (Å²) in [6, 6.07) is 25.0. The highest BCUT2D eigenvalue weighted by Gasteiger charge is 2.10. The first kappa shape index (κ1) is 13.4. The van der Waals surface area contributed by atoms with Gasteiger partial charge in [-0.1, -0.05) is 36.4 Å². The van der Waals surface area contributed by atoms with Gasteiger partial charge in [-0.3, -0.25) is 4.98 Å². The van der Waals surface area contributed by atoms with Gasteiger partial charge < -0.3 is 4.90 Å². The van der Waals surface area contributed by atoms with E-state index in [9.17, 15) is 0 Å². The number of hydrogen-bond donors (Lipinski definition) is 0. The van der Waals surface area contributed by atoms with Crippen LogP contribution in [0.15, 0.2) is 79.0 Å². The SMILES string of the molecule is Cc1cccc(N(Cc2ccccn2)c2ccccc2)c1. The van der Waals surface area contributed by atoms with Crippen LogP contribution in [0, 0.1) is 6.92 Å². The van der Waals surface area contributed by atoms with Gasteiger partial charge in [0.25, 0.3) is 0 Å². The van der Waals surface area contributed by atoms with E-state index in [0.29, 0.717) is 0 Å². The minimum Gasteiger partial charge on any atom is -0.335 e. The van der Waals surface area contributed by atoms with E-state index in [1.807, 2.05) is 24.4 Å². The van der Waals surface area contributed by atoms with Crippen LogP contribution in [0.1, 0.15) is 11.3 Å². The van der Waals surface area contributed by atoms with Gasteiger partial charge in [0.15, 0.2) is 0 Å². The largest absolute Gasteiger partial charge is 0.335 e. The Morgan fingerprint density at radius 2 is 1.57 bits per heavy atom. The number of hydrogen-bond acceptors (Lipinski definition) is 2. The van der Waals surface area contributed by atoms with Gasteiger partial charge in [0.1, 0.15) is 0 Å². The fraction of sp³-hybridized carbons (Fsp3) is 0.105. The Labute approximate surface area is 125 Å². The second-order valence-electron chi connectivity index (χ2n) is 5.08. The van der Waals surface area contributed by atoms with Crippen molar-refractivity contribution in [2.45, 2.75) is 13.5 Å². The molecule has 0 aliphatic heterocycles. The molecular weight excluding hydrogens is 256 g/mol. The molecule has 0 amide bonds. The lowest BCUT2D eigenvalue weighted by molar-refractivity contribution is 0.926. The van der Waals surface area contributed by atoms with E-state index in [2.05, 4.69) is 71.4 Å². The van der Waals surface area contributed by atoms with Crippen LogP contribution < -0.4 is 4.90 Å². The third kappa shape index (κ3) is 3.29. The highest BCUT2D eigenvalue weighted by molar-refractivity contribution is 5.63. The molecule has 0 aliphatic rings. The van der Waals surface area contributed by atoms with Gasteiger partial charge in [0.05, 0.1) is 12.2 Å². The number of benzene rings is 2. The Balaban J connectivity index is 1.99. The number of nitrogens with zero attached hydrogens (tertiary/aromatic N) is 2. The second kappa shape index (κ2) is 6.23. The van der Waals surface area contributed by atoms with Gasteiger partial charge in [0.2, 0.25) is 0 Å². The lowest BCUT2D eigenvalue weighted by Crippen LogP contribution is -2.17. The topological polar surface area (TPSA) is 16.1 Å². The van der Waals surface area contributed by atoms with Crippen molar-refractivity contribution in [2.75, 3.05) is 4.90 Å². The number of para-hydroxylation sites is 1. The summed E-state index contributed by atoms with van der Waals surface area (Å²) in [7, 11) is 0. The van der Waals surface area contributed by atoms with Crippen LogP contribution in [0.3, 0.4) is 0 Å². The van der Waals surface area contributed by atoms with Crippen molar-refractivity contribution in [3.8, 4) is 0 Å². The molecule has 0 saturated heterocycles. The zero-order valence-electron chi connectivity index (χ0n) is 12.1. The Morgan fingerprint density at radius 1 is 0.810 bits per heavy atom. The normalized spacial score (nSPS) is 10.3. The summed E-state index contributed by atoms with van der Waals surface area (Å²) in [5.74, 6) is 0. The molecule has 2 nitrogen and oxygen atoms in total. The van der Waals surface area contributed by atoms with E-state index in [4.69, 9.17) is 0 Å². The molecule has 0 fully saturated rings. The molecule has 0 radical (unpaired) electrons. The van der Waals surface area contributed by atoms with Crippen molar-refractivity contribution in [3.63, 3.8) is 0 Å². The Hall–Kier alpha value is -2.61. The van der Waals surface area contributed by atoms with E-state index < -0.39 is 0 Å². The van der Waals surface area contributed by atoms with Crippen LogP contribution in [0.4, 0.5) is 11.4 Å². The zero-order chi connectivity index (χ0) is 14.5. The molecule has 0 bridgehead atoms. The van der Waals surface area contributed by atoms with E-state index in [0.717, 1.165) is 12.2 Å². The Bertz CT molecular complexity index is 693. The average molecular weight is 274 g/mol. The third-order valence-electron chi connectivity index (χ3n) is 3.43. The van der Waals surface area contributed by atoms with Crippen LogP contribution in [0.2, 0.25) is 0 Å². The standard InChI is InChI=1S/C19H18N2/c1-16-8-7-12-19(14-16)21(18-10-3-2-4-11-18)15-17-9-5-6-13-20-17/h2-14H,15H2,1H3. The van der Waals surface area contributed by atoms with Crippen molar-refractivity contribution in [2.24, 2.45) is 0 Å². The summed E-state index contributed by atoms with van der Waals surface area (Å²) >= 11 is 0. The van der Waals surface area contributed by atoms with Crippen LogP contribution in [0.25, 0.3) is 0 Å². The lowest BCUT2D eigenvalue weighted by atomic mass is 10.1. The van der Waals surface area contributed by atoms with E-state index >= 15 is 0 Å². The molecule has 104 valence electrons. The number of pyridine rings is 1. The monoisotopic (exact) mass is 274 g/mol. The van der Waals surface area contributed by atoms with Crippen LogP contribution >= 0.6 is 0 Å². The Morgan fingerprint density at radius 3 is 2.29 bits per heavy atom.